The minimum absolute atomic E-state index is 0.0836. The third-order valence-electron chi connectivity index (χ3n) is 5.25. The summed E-state index contributed by atoms with van der Waals surface area (Å²) in [7, 11) is 0. The maximum Gasteiger partial charge on any atom is 0.332 e. The average molecular weight is 451 g/mol. The van der Waals surface area contributed by atoms with Gasteiger partial charge in [-0.25, -0.2) is 4.79 Å². The van der Waals surface area contributed by atoms with Gasteiger partial charge in [-0.1, -0.05) is 0 Å². The molecule has 0 aromatic heterocycles. The molecule has 0 spiro atoms. The van der Waals surface area contributed by atoms with E-state index in [4.69, 9.17) is 23.7 Å². The molecule has 176 valence electrons. The monoisotopic (exact) mass is 451 g/mol. The van der Waals surface area contributed by atoms with Crippen LogP contribution >= 0.6 is 0 Å². The number of carbonyl (C=O) groups is 3. The van der Waals surface area contributed by atoms with Crippen LogP contribution in [0.25, 0.3) is 0 Å². The van der Waals surface area contributed by atoms with Gasteiger partial charge in [-0.3, -0.25) is 9.59 Å². The van der Waals surface area contributed by atoms with Crippen molar-refractivity contribution in [3.63, 3.8) is 0 Å². The summed E-state index contributed by atoms with van der Waals surface area (Å²) >= 11 is 0. The Morgan fingerprint density at radius 1 is 1.19 bits per heavy atom. The number of ketones is 1. The normalized spacial score (nSPS) is 30.0. The minimum atomic E-state index is -1.17. The highest BCUT2D eigenvalue weighted by Gasteiger charge is 2.54. The highest BCUT2D eigenvalue weighted by Crippen LogP contribution is 2.35. The molecule has 6 atom stereocenters. The van der Waals surface area contributed by atoms with E-state index < -0.39 is 48.5 Å². The van der Waals surface area contributed by atoms with Crippen molar-refractivity contribution in [1.82, 2.24) is 5.32 Å². The van der Waals surface area contributed by atoms with E-state index >= 15 is 0 Å². The lowest BCUT2D eigenvalue weighted by molar-refractivity contribution is -0.366. The number of ether oxygens (including phenoxy) is 5. The fourth-order valence-electron chi connectivity index (χ4n) is 3.67. The van der Waals surface area contributed by atoms with E-state index in [1.165, 1.54) is 20.8 Å². The lowest BCUT2D eigenvalue weighted by atomic mass is 9.94. The van der Waals surface area contributed by atoms with Crippen molar-refractivity contribution in [2.75, 3.05) is 6.61 Å². The van der Waals surface area contributed by atoms with Crippen molar-refractivity contribution >= 4 is 17.7 Å². The summed E-state index contributed by atoms with van der Waals surface area (Å²) in [5.74, 6) is -2.16. The van der Waals surface area contributed by atoms with Crippen LogP contribution in [0.2, 0.25) is 0 Å². The Labute approximate surface area is 186 Å². The molecule has 1 aromatic rings. The van der Waals surface area contributed by atoms with Crippen LogP contribution < -0.4 is 10.1 Å². The van der Waals surface area contributed by atoms with E-state index in [1.807, 2.05) is 0 Å². The molecule has 2 heterocycles. The van der Waals surface area contributed by atoms with Gasteiger partial charge in [0.1, 0.15) is 30.1 Å². The number of hydrogen-bond acceptors (Lipinski definition) is 8. The van der Waals surface area contributed by atoms with Gasteiger partial charge in [0.2, 0.25) is 12.2 Å². The van der Waals surface area contributed by atoms with Crippen molar-refractivity contribution in [1.29, 1.82) is 0 Å². The zero-order valence-corrected chi connectivity index (χ0v) is 18.7. The van der Waals surface area contributed by atoms with Crippen LogP contribution in [0.1, 0.15) is 45.0 Å². The molecule has 2 aliphatic heterocycles. The summed E-state index contributed by atoms with van der Waals surface area (Å²) in [6.45, 7) is 7.81. The van der Waals surface area contributed by atoms with E-state index in [0.29, 0.717) is 11.3 Å². The molecular weight excluding hydrogens is 422 g/mol. The van der Waals surface area contributed by atoms with Crippen LogP contribution in [-0.2, 0) is 28.5 Å². The second-order valence-electron chi connectivity index (χ2n) is 8.34. The maximum atomic E-state index is 12.0. The Morgan fingerprint density at radius 3 is 2.41 bits per heavy atom. The predicted molar refractivity (Wildman–Crippen MR) is 110 cm³/mol. The Balaban J connectivity index is 1.92. The Kier molecular flexibility index (Phi) is 7.19. The molecule has 0 radical (unpaired) electrons. The van der Waals surface area contributed by atoms with Crippen molar-refractivity contribution in [3.8, 4) is 5.75 Å². The summed E-state index contributed by atoms with van der Waals surface area (Å²) in [5.41, 5.74) is 0.521. The van der Waals surface area contributed by atoms with E-state index in [9.17, 15) is 19.5 Å². The third-order valence-corrected chi connectivity index (χ3v) is 5.25. The highest BCUT2D eigenvalue weighted by atomic mass is 16.8. The Bertz CT molecular complexity index is 853. The summed E-state index contributed by atoms with van der Waals surface area (Å²) in [6.07, 6.45) is -4.42. The molecule has 2 N–H and O–H groups in total. The SMILES string of the molecule is CC(=O)NC1C(Oc2ccc(C(C)=O)cc2)OC2COC(C)(C)OC2C1OC(C)C(=O)O. The van der Waals surface area contributed by atoms with Gasteiger partial charge in [0.05, 0.1) is 6.61 Å². The van der Waals surface area contributed by atoms with Crippen LogP contribution in [0, 0.1) is 0 Å². The van der Waals surface area contributed by atoms with Gasteiger partial charge in [0, 0.05) is 12.5 Å². The Hall–Kier alpha value is -2.53. The number of amides is 1. The first-order valence-electron chi connectivity index (χ1n) is 10.4. The van der Waals surface area contributed by atoms with Crippen LogP contribution in [0.5, 0.6) is 5.75 Å². The largest absolute Gasteiger partial charge is 0.479 e. The van der Waals surface area contributed by atoms with E-state index in [0.717, 1.165) is 0 Å². The Morgan fingerprint density at radius 2 is 1.84 bits per heavy atom. The molecule has 10 nitrogen and oxygen atoms in total. The number of aliphatic carboxylic acids is 1. The first kappa shape index (κ1) is 24.1. The topological polar surface area (TPSA) is 130 Å². The van der Waals surface area contributed by atoms with Gasteiger partial charge in [0.25, 0.3) is 0 Å². The lowest BCUT2D eigenvalue weighted by Crippen LogP contribution is -2.70. The third kappa shape index (κ3) is 5.63. The number of nitrogens with one attached hydrogen (secondary N) is 1. The van der Waals surface area contributed by atoms with Gasteiger partial charge < -0.3 is 34.1 Å². The maximum absolute atomic E-state index is 12.0. The lowest BCUT2D eigenvalue weighted by Gasteiger charge is -2.51. The molecular formula is C22H29NO9. The molecule has 2 aliphatic rings. The smallest absolute Gasteiger partial charge is 0.332 e. The van der Waals surface area contributed by atoms with Crippen LogP contribution in [0.4, 0.5) is 0 Å². The first-order valence-corrected chi connectivity index (χ1v) is 10.4. The second kappa shape index (κ2) is 9.53. The van der Waals surface area contributed by atoms with Gasteiger partial charge in [-0.05, 0) is 52.0 Å². The molecule has 10 heteroatoms. The van der Waals surface area contributed by atoms with Crippen molar-refractivity contribution < 1.29 is 43.2 Å². The number of rotatable bonds is 7. The van der Waals surface area contributed by atoms with Crippen LogP contribution in [0.15, 0.2) is 24.3 Å². The fraction of sp³-hybridized carbons (Fsp3) is 0.591. The second-order valence-corrected chi connectivity index (χ2v) is 8.34. The van der Waals surface area contributed by atoms with Gasteiger partial charge in [0.15, 0.2) is 17.7 Å². The summed E-state index contributed by atoms with van der Waals surface area (Å²) < 4.78 is 29.6. The summed E-state index contributed by atoms with van der Waals surface area (Å²) in [4.78, 5) is 35.0. The predicted octanol–water partition coefficient (Wildman–Crippen LogP) is 1.51. The van der Waals surface area contributed by atoms with Gasteiger partial charge in [-0.15, -0.1) is 0 Å². The van der Waals surface area contributed by atoms with Crippen molar-refractivity contribution in [2.45, 2.75) is 77.2 Å². The molecule has 1 aromatic carbocycles. The number of fused-ring (bicyclic) bond motifs is 1. The number of hydrogen-bond donors (Lipinski definition) is 2. The standard InChI is InChI=1S/C22H29NO9/c1-11(24)14-6-8-15(9-7-14)30-21-17(23-13(3)25)19(29-12(2)20(26)27)18-16(31-21)10-28-22(4,5)32-18/h6-9,12,16-19,21H,10H2,1-5H3,(H,23,25)(H,26,27). The number of carboxylic acid groups (broad SMARTS) is 1. The minimum Gasteiger partial charge on any atom is -0.479 e. The summed E-state index contributed by atoms with van der Waals surface area (Å²) in [6, 6.07) is 5.59. The van der Waals surface area contributed by atoms with E-state index in [2.05, 4.69) is 5.32 Å². The molecule has 32 heavy (non-hydrogen) atoms. The zero-order valence-electron chi connectivity index (χ0n) is 18.7. The molecule has 0 aliphatic carbocycles. The molecule has 0 bridgehead atoms. The molecule has 2 saturated heterocycles. The average Bonchev–Trinajstić information content (AvgIpc) is 2.70. The van der Waals surface area contributed by atoms with Crippen LogP contribution in [0.3, 0.4) is 0 Å². The van der Waals surface area contributed by atoms with E-state index in [1.54, 1.807) is 38.1 Å². The highest BCUT2D eigenvalue weighted by molar-refractivity contribution is 5.94. The quantitative estimate of drug-likeness (QED) is 0.593. The molecule has 0 saturated carbocycles. The number of carboxylic acids is 1. The fourth-order valence-corrected chi connectivity index (χ4v) is 3.67. The molecule has 1 amide bonds. The van der Waals surface area contributed by atoms with E-state index in [-0.39, 0.29) is 18.3 Å². The van der Waals surface area contributed by atoms with Crippen LogP contribution in [-0.4, -0.2) is 71.9 Å². The number of Topliss-reactive ketones (excluding diaryl/α,β-unsaturated/α-hetero) is 1. The molecule has 6 unspecified atom stereocenters. The molecule has 2 fully saturated rings. The number of carbonyl (C=O) groups excluding carboxylic acids is 2. The zero-order chi connectivity index (χ0) is 23.6. The van der Waals surface area contributed by atoms with Gasteiger partial charge in [-0.2, -0.15) is 0 Å². The van der Waals surface area contributed by atoms with Gasteiger partial charge >= 0.3 is 5.97 Å². The van der Waals surface area contributed by atoms with Crippen molar-refractivity contribution in [3.05, 3.63) is 29.8 Å². The van der Waals surface area contributed by atoms with Crippen molar-refractivity contribution in [2.24, 2.45) is 0 Å². The number of benzene rings is 1. The molecule has 3 rings (SSSR count). The first-order chi connectivity index (χ1) is 15.0. The summed E-state index contributed by atoms with van der Waals surface area (Å²) in [5, 5.41) is 12.1.